The summed E-state index contributed by atoms with van der Waals surface area (Å²) in [5.74, 6) is -0.0501. The van der Waals surface area contributed by atoms with Crippen molar-refractivity contribution in [3.8, 4) is 5.75 Å². The molecule has 0 unspecified atom stereocenters. The number of benzene rings is 2. The minimum absolute atomic E-state index is 0.0379. The van der Waals surface area contributed by atoms with E-state index in [1.165, 1.54) is 19.2 Å². The lowest BCUT2D eigenvalue weighted by molar-refractivity contribution is -0.385. The minimum Gasteiger partial charge on any atom is -0.490 e. The molecule has 0 fully saturated rings. The molecule has 7 nitrogen and oxygen atoms in total. The van der Waals surface area contributed by atoms with Crippen molar-refractivity contribution in [2.45, 2.75) is 0 Å². The zero-order valence-corrected chi connectivity index (χ0v) is 12.3. The second-order valence-electron chi connectivity index (χ2n) is 4.90. The number of aliphatic imine (C=N–C) groups is 1. The molecule has 2 aromatic carbocycles. The summed E-state index contributed by atoms with van der Waals surface area (Å²) in [5, 5.41) is 14.0. The zero-order chi connectivity index (χ0) is 16.4. The van der Waals surface area contributed by atoms with E-state index in [0.29, 0.717) is 17.0 Å². The number of anilines is 1. The lowest BCUT2D eigenvalue weighted by Crippen LogP contribution is -2.13. The average Bonchev–Trinajstić information content (AvgIpc) is 2.72. The summed E-state index contributed by atoms with van der Waals surface area (Å²) in [4.78, 5) is 26.8. The summed E-state index contributed by atoms with van der Waals surface area (Å²) >= 11 is 0. The molecule has 1 N–H and O–H groups in total. The van der Waals surface area contributed by atoms with Gasteiger partial charge in [0.25, 0.3) is 0 Å². The number of amides is 1. The Morgan fingerprint density at radius 2 is 2.04 bits per heavy atom. The molecule has 116 valence electrons. The first-order chi connectivity index (χ1) is 11.1. The van der Waals surface area contributed by atoms with E-state index in [1.54, 1.807) is 18.2 Å². The number of hydrogen-bond acceptors (Lipinski definition) is 5. The maximum Gasteiger partial charge on any atom is 0.311 e. The molecule has 23 heavy (non-hydrogen) atoms. The van der Waals surface area contributed by atoms with Gasteiger partial charge in [0, 0.05) is 17.2 Å². The lowest BCUT2D eigenvalue weighted by Gasteiger charge is -2.10. The number of benzodiazepines with no additional fused rings is 1. The molecule has 0 bridgehead atoms. The standard InChI is InChI=1S/C16H13N3O4/c1-23-14-7-6-10(8-13(14)19(21)22)16-11-4-2-3-5-12(11)18-15(20)9-17-16/h2-8H,9H2,1H3,(H,18,20). The van der Waals surface area contributed by atoms with E-state index in [0.717, 1.165) is 5.56 Å². The van der Waals surface area contributed by atoms with Crippen molar-refractivity contribution in [2.24, 2.45) is 4.99 Å². The molecule has 1 amide bonds. The first kappa shape index (κ1) is 14.7. The smallest absolute Gasteiger partial charge is 0.311 e. The van der Waals surface area contributed by atoms with Crippen LogP contribution in [0, 0.1) is 10.1 Å². The van der Waals surface area contributed by atoms with Crippen LogP contribution in [0.5, 0.6) is 5.75 Å². The van der Waals surface area contributed by atoms with Gasteiger partial charge in [0.2, 0.25) is 5.91 Å². The fourth-order valence-corrected chi connectivity index (χ4v) is 2.45. The highest BCUT2D eigenvalue weighted by molar-refractivity contribution is 6.19. The van der Waals surface area contributed by atoms with Gasteiger partial charge in [-0.1, -0.05) is 18.2 Å². The molecule has 7 heteroatoms. The molecule has 0 aromatic heterocycles. The highest BCUT2D eigenvalue weighted by Gasteiger charge is 2.21. The van der Waals surface area contributed by atoms with Crippen LogP contribution in [0.3, 0.4) is 0 Å². The van der Waals surface area contributed by atoms with E-state index in [-0.39, 0.29) is 23.9 Å². The Hall–Kier alpha value is -3.22. The number of para-hydroxylation sites is 1. The Kier molecular flexibility index (Phi) is 3.76. The Morgan fingerprint density at radius 1 is 1.26 bits per heavy atom. The zero-order valence-electron chi connectivity index (χ0n) is 12.3. The van der Waals surface area contributed by atoms with Crippen molar-refractivity contribution >= 4 is 23.0 Å². The lowest BCUT2D eigenvalue weighted by atomic mass is 10.00. The number of ether oxygens (including phenoxy) is 1. The maximum absolute atomic E-state index is 11.8. The van der Waals surface area contributed by atoms with E-state index in [9.17, 15) is 14.9 Å². The molecule has 0 saturated heterocycles. The Labute approximate surface area is 131 Å². The molecule has 1 aliphatic rings. The van der Waals surface area contributed by atoms with Crippen LogP contribution >= 0.6 is 0 Å². The van der Waals surface area contributed by atoms with Crippen LogP contribution in [0.25, 0.3) is 0 Å². The number of nitrogens with zero attached hydrogens (tertiary/aromatic N) is 2. The third-order valence-electron chi connectivity index (χ3n) is 3.49. The normalized spacial score (nSPS) is 13.4. The molecule has 0 spiro atoms. The predicted octanol–water partition coefficient (Wildman–Crippen LogP) is 2.39. The second-order valence-corrected chi connectivity index (χ2v) is 4.90. The molecular formula is C16H13N3O4. The highest BCUT2D eigenvalue weighted by atomic mass is 16.6. The van der Waals surface area contributed by atoms with Gasteiger partial charge in [0.15, 0.2) is 5.75 Å². The van der Waals surface area contributed by atoms with Gasteiger partial charge in [-0.25, -0.2) is 0 Å². The van der Waals surface area contributed by atoms with Crippen LogP contribution in [0.2, 0.25) is 0 Å². The maximum atomic E-state index is 11.8. The number of hydrogen-bond donors (Lipinski definition) is 1. The van der Waals surface area contributed by atoms with Gasteiger partial charge in [0.1, 0.15) is 6.54 Å². The summed E-state index contributed by atoms with van der Waals surface area (Å²) < 4.78 is 5.01. The first-order valence-corrected chi connectivity index (χ1v) is 6.86. The van der Waals surface area contributed by atoms with Crippen LogP contribution in [-0.2, 0) is 4.79 Å². The topological polar surface area (TPSA) is 93.8 Å². The van der Waals surface area contributed by atoms with E-state index < -0.39 is 4.92 Å². The molecule has 3 rings (SSSR count). The number of carbonyl (C=O) groups is 1. The first-order valence-electron chi connectivity index (χ1n) is 6.86. The van der Waals surface area contributed by atoms with Crippen LogP contribution < -0.4 is 10.1 Å². The van der Waals surface area contributed by atoms with Gasteiger partial charge in [-0.15, -0.1) is 0 Å². The summed E-state index contributed by atoms with van der Waals surface area (Å²) in [6, 6.07) is 11.8. The molecular weight excluding hydrogens is 298 g/mol. The molecule has 1 heterocycles. The van der Waals surface area contributed by atoms with E-state index >= 15 is 0 Å². The third kappa shape index (κ3) is 2.76. The van der Waals surface area contributed by atoms with Gasteiger partial charge in [0.05, 0.1) is 23.4 Å². The van der Waals surface area contributed by atoms with Crippen molar-refractivity contribution in [3.05, 3.63) is 63.7 Å². The number of carbonyl (C=O) groups excluding carboxylic acids is 1. The number of nitro groups is 1. The van der Waals surface area contributed by atoms with Gasteiger partial charge >= 0.3 is 5.69 Å². The van der Waals surface area contributed by atoms with Crippen molar-refractivity contribution in [2.75, 3.05) is 19.0 Å². The molecule has 0 atom stereocenters. The Balaban J connectivity index is 2.16. The van der Waals surface area contributed by atoms with Gasteiger partial charge < -0.3 is 10.1 Å². The summed E-state index contributed by atoms with van der Waals surface area (Å²) in [6.45, 7) is -0.0379. The Bertz CT molecular complexity index is 830. The number of nitro benzene ring substituents is 1. The van der Waals surface area contributed by atoms with Gasteiger partial charge in [-0.3, -0.25) is 19.9 Å². The molecule has 0 aliphatic carbocycles. The summed E-state index contributed by atoms with van der Waals surface area (Å²) in [6.07, 6.45) is 0. The van der Waals surface area contributed by atoms with Crippen LogP contribution in [0.1, 0.15) is 11.1 Å². The second kappa shape index (κ2) is 5.88. The summed E-state index contributed by atoms with van der Waals surface area (Å²) in [5.41, 5.74) is 2.30. The van der Waals surface area contributed by atoms with Crippen LogP contribution in [0.4, 0.5) is 11.4 Å². The van der Waals surface area contributed by atoms with Crippen molar-refractivity contribution in [1.82, 2.24) is 0 Å². The number of rotatable bonds is 3. The Morgan fingerprint density at radius 3 is 2.78 bits per heavy atom. The average molecular weight is 311 g/mol. The van der Waals surface area contributed by atoms with Gasteiger partial charge in [-0.2, -0.15) is 0 Å². The van der Waals surface area contributed by atoms with E-state index in [2.05, 4.69) is 10.3 Å². The third-order valence-corrected chi connectivity index (χ3v) is 3.49. The summed E-state index contributed by atoms with van der Waals surface area (Å²) in [7, 11) is 1.38. The number of fused-ring (bicyclic) bond motifs is 1. The molecule has 0 radical (unpaired) electrons. The molecule has 2 aromatic rings. The monoisotopic (exact) mass is 311 g/mol. The van der Waals surface area contributed by atoms with Crippen LogP contribution in [0.15, 0.2) is 47.5 Å². The van der Waals surface area contributed by atoms with Crippen molar-refractivity contribution in [3.63, 3.8) is 0 Å². The minimum atomic E-state index is -0.505. The molecule has 0 saturated carbocycles. The van der Waals surface area contributed by atoms with E-state index in [4.69, 9.17) is 4.74 Å². The van der Waals surface area contributed by atoms with Crippen molar-refractivity contribution in [1.29, 1.82) is 0 Å². The predicted molar refractivity (Wildman–Crippen MR) is 85.2 cm³/mol. The fraction of sp³-hybridized carbons (Fsp3) is 0.125. The largest absolute Gasteiger partial charge is 0.490 e. The SMILES string of the molecule is COc1ccc(C2=NCC(=O)Nc3ccccc32)cc1[N+](=O)[O-]. The highest BCUT2D eigenvalue weighted by Crippen LogP contribution is 2.30. The quantitative estimate of drug-likeness (QED) is 0.695. The van der Waals surface area contributed by atoms with Gasteiger partial charge in [-0.05, 0) is 18.2 Å². The fourth-order valence-electron chi connectivity index (χ4n) is 2.45. The van der Waals surface area contributed by atoms with E-state index in [1.807, 2.05) is 12.1 Å². The van der Waals surface area contributed by atoms with Crippen molar-refractivity contribution < 1.29 is 14.5 Å². The number of nitrogens with one attached hydrogen (secondary N) is 1. The number of methoxy groups -OCH3 is 1. The van der Waals surface area contributed by atoms with Crippen LogP contribution in [-0.4, -0.2) is 30.2 Å². The molecule has 1 aliphatic heterocycles.